The van der Waals surface area contributed by atoms with Crippen LogP contribution in [0.2, 0.25) is 0 Å². The minimum Gasteiger partial charge on any atom is -0.493 e. The Morgan fingerprint density at radius 1 is 1.18 bits per heavy atom. The molecular formula is C26H22BrIN2O3. The molecule has 168 valence electrons. The highest BCUT2D eigenvalue weighted by Gasteiger charge is 2.15. The Bertz CT molecular complexity index is 1260. The first-order valence-corrected chi connectivity index (χ1v) is 11.9. The van der Waals surface area contributed by atoms with Gasteiger partial charge in [-0.05, 0) is 83.5 Å². The number of methoxy groups -OCH3 is 1. The molecule has 0 aromatic heterocycles. The molecule has 0 atom stereocenters. The number of halogens is 2. The lowest BCUT2D eigenvalue weighted by Gasteiger charge is -2.14. The fraction of sp³-hybridized carbons (Fsp3) is 0.154. The summed E-state index contributed by atoms with van der Waals surface area (Å²) in [5.74, 6) is 0.659. The van der Waals surface area contributed by atoms with Crippen molar-refractivity contribution in [1.82, 2.24) is 0 Å². The molecule has 1 amide bonds. The number of amides is 1. The van der Waals surface area contributed by atoms with E-state index in [1.54, 1.807) is 19.3 Å². The van der Waals surface area contributed by atoms with Gasteiger partial charge in [-0.15, -0.1) is 0 Å². The largest absolute Gasteiger partial charge is 0.493 e. The van der Waals surface area contributed by atoms with Crippen LogP contribution in [0.25, 0.3) is 6.08 Å². The van der Waals surface area contributed by atoms with E-state index in [2.05, 4.69) is 43.8 Å². The summed E-state index contributed by atoms with van der Waals surface area (Å²) >= 11 is 5.69. The van der Waals surface area contributed by atoms with E-state index in [0.717, 1.165) is 24.7 Å². The molecule has 3 rings (SSSR count). The van der Waals surface area contributed by atoms with E-state index >= 15 is 0 Å². The zero-order valence-corrected chi connectivity index (χ0v) is 22.2. The SMILES string of the molecule is COc1cc(/C=C(\C#N)C(=O)Nc2cccc(C)c2C)cc(I)c1OCc1ccccc1Br. The van der Waals surface area contributed by atoms with Crippen molar-refractivity contribution in [2.75, 3.05) is 12.4 Å². The third kappa shape index (κ3) is 6.15. The Labute approximate surface area is 215 Å². The number of anilines is 1. The van der Waals surface area contributed by atoms with Crippen molar-refractivity contribution in [3.05, 3.63) is 90.5 Å². The lowest BCUT2D eigenvalue weighted by atomic mass is 10.1. The van der Waals surface area contributed by atoms with Crippen molar-refractivity contribution < 1.29 is 14.3 Å². The normalized spacial score (nSPS) is 11.0. The van der Waals surface area contributed by atoms with E-state index in [1.807, 2.05) is 68.4 Å². The molecule has 7 heteroatoms. The van der Waals surface area contributed by atoms with Crippen LogP contribution in [0.5, 0.6) is 11.5 Å². The summed E-state index contributed by atoms with van der Waals surface area (Å²) in [6.45, 7) is 4.27. The Morgan fingerprint density at radius 2 is 1.94 bits per heavy atom. The number of nitriles is 1. The number of carbonyl (C=O) groups is 1. The fourth-order valence-corrected chi connectivity index (χ4v) is 4.30. The van der Waals surface area contributed by atoms with Crippen LogP contribution in [0.3, 0.4) is 0 Å². The van der Waals surface area contributed by atoms with Crippen LogP contribution < -0.4 is 14.8 Å². The van der Waals surface area contributed by atoms with Crippen molar-refractivity contribution >= 4 is 56.2 Å². The Morgan fingerprint density at radius 3 is 2.64 bits per heavy atom. The highest BCUT2D eigenvalue weighted by Crippen LogP contribution is 2.35. The maximum Gasteiger partial charge on any atom is 0.266 e. The second-order valence-electron chi connectivity index (χ2n) is 7.29. The number of nitrogens with one attached hydrogen (secondary N) is 1. The van der Waals surface area contributed by atoms with Gasteiger partial charge in [-0.2, -0.15) is 5.26 Å². The van der Waals surface area contributed by atoms with Crippen molar-refractivity contribution in [2.45, 2.75) is 20.5 Å². The second kappa shape index (κ2) is 11.3. The van der Waals surface area contributed by atoms with Gasteiger partial charge in [-0.3, -0.25) is 4.79 Å². The van der Waals surface area contributed by atoms with Gasteiger partial charge < -0.3 is 14.8 Å². The van der Waals surface area contributed by atoms with E-state index in [1.165, 1.54) is 0 Å². The zero-order valence-electron chi connectivity index (χ0n) is 18.4. The van der Waals surface area contributed by atoms with Crippen LogP contribution in [0.15, 0.2) is 64.6 Å². The Balaban J connectivity index is 1.85. The summed E-state index contributed by atoms with van der Waals surface area (Å²) in [5, 5.41) is 12.4. The maximum atomic E-state index is 12.7. The summed E-state index contributed by atoms with van der Waals surface area (Å²) < 4.78 is 13.3. The number of aryl methyl sites for hydroxylation is 1. The lowest BCUT2D eigenvalue weighted by Crippen LogP contribution is -2.14. The molecule has 33 heavy (non-hydrogen) atoms. The number of hydrogen-bond donors (Lipinski definition) is 1. The van der Waals surface area contributed by atoms with Crippen molar-refractivity contribution in [1.29, 1.82) is 5.26 Å². The molecule has 3 aromatic carbocycles. The van der Waals surface area contributed by atoms with Gasteiger partial charge in [-0.25, -0.2) is 0 Å². The summed E-state index contributed by atoms with van der Waals surface area (Å²) in [6, 6.07) is 19.1. The smallest absolute Gasteiger partial charge is 0.266 e. The average Bonchev–Trinajstić information content (AvgIpc) is 2.80. The van der Waals surface area contributed by atoms with Gasteiger partial charge in [0.15, 0.2) is 11.5 Å². The summed E-state index contributed by atoms with van der Waals surface area (Å²) in [6.07, 6.45) is 1.54. The Kier molecular flexibility index (Phi) is 8.53. The predicted octanol–water partition coefficient (Wildman–Crippen LogP) is 6.80. The van der Waals surface area contributed by atoms with Gasteiger partial charge in [0.1, 0.15) is 18.2 Å². The molecular weight excluding hydrogens is 595 g/mol. The van der Waals surface area contributed by atoms with Crippen LogP contribution in [-0.2, 0) is 11.4 Å². The topological polar surface area (TPSA) is 71.3 Å². The number of ether oxygens (including phenoxy) is 2. The second-order valence-corrected chi connectivity index (χ2v) is 9.30. The minimum atomic E-state index is -0.463. The van der Waals surface area contributed by atoms with Gasteiger partial charge in [0.2, 0.25) is 0 Å². The molecule has 0 spiro atoms. The van der Waals surface area contributed by atoms with Crippen molar-refractivity contribution in [3.8, 4) is 17.6 Å². The van der Waals surface area contributed by atoms with Gasteiger partial charge >= 0.3 is 0 Å². The number of carbonyl (C=O) groups excluding carboxylic acids is 1. The lowest BCUT2D eigenvalue weighted by molar-refractivity contribution is -0.112. The highest BCUT2D eigenvalue weighted by molar-refractivity contribution is 14.1. The standard InChI is InChI=1S/C26H22BrIN2O3/c1-16-7-6-10-23(17(16)2)30-26(31)20(14-29)11-18-12-22(28)25(24(13-18)32-3)33-15-19-8-4-5-9-21(19)27/h4-13H,15H2,1-3H3,(H,30,31)/b20-11+. The summed E-state index contributed by atoms with van der Waals surface area (Å²) in [4.78, 5) is 12.7. The molecule has 0 fully saturated rings. The maximum absolute atomic E-state index is 12.7. The molecule has 0 radical (unpaired) electrons. The van der Waals surface area contributed by atoms with Crippen LogP contribution in [0.1, 0.15) is 22.3 Å². The van der Waals surface area contributed by atoms with E-state index in [4.69, 9.17) is 9.47 Å². The number of rotatable bonds is 7. The van der Waals surface area contributed by atoms with E-state index in [0.29, 0.717) is 29.4 Å². The van der Waals surface area contributed by atoms with Crippen LogP contribution in [0, 0.1) is 28.7 Å². The number of benzene rings is 3. The third-order valence-corrected chi connectivity index (χ3v) is 6.69. The molecule has 0 heterocycles. The Hall–Kier alpha value is -2.83. The molecule has 0 aliphatic heterocycles. The fourth-order valence-electron chi connectivity index (χ4n) is 3.12. The zero-order chi connectivity index (χ0) is 24.0. The number of nitrogens with zero attached hydrogens (tertiary/aromatic N) is 1. The van der Waals surface area contributed by atoms with Crippen LogP contribution >= 0.6 is 38.5 Å². The molecule has 0 saturated carbocycles. The van der Waals surface area contributed by atoms with Crippen molar-refractivity contribution in [2.24, 2.45) is 0 Å². The van der Waals surface area contributed by atoms with Crippen LogP contribution in [-0.4, -0.2) is 13.0 Å². The van der Waals surface area contributed by atoms with E-state index < -0.39 is 5.91 Å². The molecule has 3 aromatic rings. The van der Waals surface area contributed by atoms with Gasteiger partial charge in [0.05, 0.1) is 10.7 Å². The molecule has 0 aliphatic rings. The van der Waals surface area contributed by atoms with Gasteiger partial charge in [-0.1, -0.05) is 46.3 Å². The molecule has 0 saturated heterocycles. The summed E-state index contributed by atoms with van der Waals surface area (Å²) in [5.41, 5.74) is 4.38. The van der Waals surface area contributed by atoms with Crippen LogP contribution in [0.4, 0.5) is 5.69 Å². The first-order chi connectivity index (χ1) is 15.8. The van der Waals surface area contributed by atoms with E-state index in [9.17, 15) is 10.1 Å². The third-order valence-electron chi connectivity index (χ3n) is 5.11. The van der Waals surface area contributed by atoms with E-state index in [-0.39, 0.29) is 5.57 Å². The quantitative estimate of drug-likeness (QED) is 0.180. The predicted molar refractivity (Wildman–Crippen MR) is 142 cm³/mol. The first kappa shape index (κ1) is 24.8. The monoisotopic (exact) mass is 616 g/mol. The van der Waals surface area contributed by atoms with Gasteiger partial charge in [0, 0.05) is 15.7 Å². The average molecular weight is 617 g/mol. The molecule has 0 bridgehead atoms. The summed E-state index contributed by atoms with van der Waals surface area (Å²) in [7, 11) is 1.56. The highest BCUT2D eigenvalue weighted by atomic mass is 127. The molecule has 1 N–H and O–H groups in total. The molecule has 0 unspecified atom stereocenters. The van der Waals surface area contributed by atoms with Gasteiger partial charge in [0.25, 0.3) is 5.91 Å². The first-order valence-electron chi connectivity index (χ1n) is 10.1. The van der Waals surface area contributed by atoms with Crippen molar-refractivity contribution in [3.63, 3.8) is 0 Å². The number of hydrogen-bond acceptors (Lipinski definition) is 4. The molecule has 5 nitrogen and oxygen atoms in total. The minimum absolute atomic E-state index is 0.00403. The molecule has 0 aliphatic carbocycles.